The van der Waals surface area contributed by atoms with E-state index >= 15 is 0 Å². The van der Waals surface area contributed by atoms with Crippen molar-refractivity contribution in [1.82, 2.24) is 14.8 Å². The van der Waals surface area contributed by atoms with Crippen LogP contribution in [0.1, 0.15) is 12.0 Å². The lowest BCUT2D eigenvalue weighted by molar-refractivity contribution is -0.130. The van der Waals surface area contributed by atoms with Crippen molar-refractivity contribution >= 4 is 17.6 Å². The first-order chi connectivity index (χ1) is 13.6. The van der Waals surface area contributed by atoms with Crippen LogP contribution < -0.4 is 9.64 Å². The molecule has 0 bridgehead atoms. The Bertz CT molecular complexity index is 840. The number of urea groups is 1. The maximum atomic E-state index is 12.7. The average Bonchev–Trinajstić information content (AvgIpc) is 3.31. The van der Waals surface area contributed by atoms with Gasteiger partial charge in [0.15, 0.2) is 0 Å². The SMILES string of the molecule is Cc1ccc(N2CCN(CC(=O)N3CC[C@H](Oc4ccncc4)C3)C2=O)cc1. The molecule has 0 saturated carbocycles. The van der Waals surface area contributed by atoms with Gasteiger partial charge in [0.1, 0.15) is 18.4 Å². The highest BCUT2D eigenvalue weighted by Gasteiger charge is 2.34. The Kier molecular flexibility index (Phi) is 5.14. The van der Waals surface area contributed by atoms with Crippen molar-refractivity contribution in [3.8, 4) is 5.75 Å². The van der Waals surface area contributed by atoms with Gasteiger partial charge in [0.25, 0.3) is 0 Å². The monoisotopic (exact) mass is 380 g/mol. The third-order valence-electron chi connectivity index (χ3n) is 5.22. The van der Waals surface area contributed by atoms with Crippen molar-refractivity contribution < 1.29 is 14.3 Å². The number of nitrogens with zero attached hydrogens (tertiary/aromatic N) is 4. The Morgan fingerprint density at radius 2 is 1.86 bits per heavy atom. The lowest BCUT2D eigenvalue weighted by Gasteiger charge is -2.22. The topological polar surface area (TPSA) is 66.0 Å². The van der Waals surface area contributed by atoms with E-state index in [0.717, 1.165) is 23.4 Å². The number of rotatable bonds is 5. The average molecular weight is 380 g/mol. The fourth-order valence-electron chi connectivity index (χ4n) is 3.62. The zero-order valence-corrected chi connectivity index (χ0v) is 16.0. The lowest BCUT2D eigenvalue weighted by Crippen LogP contribution is -2.42. The standard InChI is InChI=1S/C21H24N4O3/c1-16-2-4-17(5-3-16)25-13-12-24(21(25)27)15-20(26)23-11-8-19(14-23)28-18-6-9-22-10-7-18/h2-7,9-10,19H,8,11-15H2,1H3/t19-/m0/s1. The second kappa shape index (κ2) is 7.88. The van der Waals surface area contributed by atoms with Gasteiger partial charge in [-0.05, 0) is 31.2 Å². The minimum Gasteiger partial charge on any atom is -0.488 e. The summed E-state index contributed by atoms with van der Waals surface area (Å²) in [7, 11) is 0. The smallest absolute Gasteiger partial charge is 0.325 e. The highest BCUT2D eigenvalue weighted by molar-refractivity contribution is 5.96. The van der Waals surface area contributed by atoms with Gasteiger partial charge in [-0.1, -0.05) is 17.7 Å². The number of benzene rings is 1. The summed E-state index contributed by atoms with van der Waals surface area (Å²) in [6.45, 7) is 4.49. The van der Waals surface area contributed by atoms with Gasteiger partial charge in [-0.2, -0.15) is 0 Å². The molecule has 2 aromatic rings. The first-order valence-corrected chi connectivity index (χ1v) is 9.58. The van der Waals surface area contributed by atoms with Gasteiger partial charge in [0.05, 0.1) is 6.54 Å². The maximum Gasteiger partial charge on any atom is 0.325 e. The lowest BCUT2D eigenvalue weighted by atomic mass is 10.2. The molecule has 3 amide bonds. The molecular weight excluding hydrogens is 356 g/mol. The molecule has 3 heterocycles. The van der Waals surface area contributed by atoms with E-state index < -0.39 is 0 Å². The molecule has 2 saturated heterocycles. The number of likely N-dealkylation sites (tertiary alicyclic amines) is 1. The molecule has 1 aromatic heterocycles. The zero-order chi connectivity index (χ0) is 19.5. The second-order valence-corrected chi connectivity index (χ2v) is 7.24. The fourth-order valence-corrected chi connectivity index (χ4v) is 3.62. The highest BCUT2D eigenvalue weighted by atomic mass is 16.5. The number of anilines is 1. The summed E-state index contributed by atoms with van der Waals surface area (Å²) in [6.07, 6.45) is 4.14. The van der Waals surface area contributed by atoms with Gasteiger partial charge >= 0.3 is 6.03 Å². The Hall–Kier alpha value is -3.09. The number of aryl methyl sites for hydroxylation is 1. The third-order valence-corrected chi connectivity index (χ3v) is 5.22. The predicted octanol–water partition coefficient (Wildman–Crippen LogP) is 2.31. The quantitative estimate of drug-likeness (QED) is 0.798. The molecule has 0 spiro atoms. The van der Waals surface area contributed by atoms with E-state index in [1.807, 2.05) is 43.3 Å². The first-order valence-electron chi connectivity index (χ1n) is 9.58. The molecule has 0 N–H and O–H groups in total. The molecule has 0 aliphatic carbocycles. The molecule has 2 aliphatic rings. The van der Waals surface area contributed by atoms with E-state index in [9.17, 15) is 9.59 Å². The van der Waals surface area contributed by atoms with Crippen LogP contribution in [0.15, 0.2) is 48.8 Å². The van der Waals surface area contributed by atoms with Crippen molar-refractivity contribution in [2.24, 2.45) is 0 Å². The maximum absolute atomic E-state index is 12.7. The Morgan fingerprint density at radius 1 is 1.11 bits per heavy atom. The largest absolute Gasteiger partial charge is 0.488 e. The number of hydrogen-bond donors (Lipinski definition) is 0. The zero-order valence-electron chi connectivity index (χ0n) is 16.0. The van der Waals surface area contributed by atoms with Crippen LogP contribution in [0.5, 0.6) is 5.75 Å². The number of ether oxygens (including phenoxy) is 1. The van der Waals surface area contributed by atoms with Crippen LogP contribution in [-0.2, 0) is 4.79 Å². The highest BCUT2D eigenvalue weighted by Crippen LogP contribution is 2.22. The van der Waals surface area contributed by atoms with Gasteiger partial charge in [-0.25, -0.2) is 4.79 Å². The summed E-state index contributed by atoms with van der Waals surface area (Å²) in [4.78, 5) is 34.5. The summed E-state index contributed by atoms with van der Waals surface area (Å²) in [6, 6.07) is 11.4. The van der Waals surface area contributed by atoms with E-state index in [4.69, 9.17) is 4.74 Å². The summed E-state index contributed by atoms with van der Waals surface area (Å²) in [5.41, 5.74) is 2.03. The molecule has 1 atom stereocenters. The van der Waals surface area contributed by atoms with Crippen molar-refractivity contribution in [3.63, 3.8) is 0 Å². The predicted molar refractivity (Wildman–Crippen MR) is 105 cm³/mol. The van der Waals surface area contributed by atoms with Gasteiger partial charge in [-0.3, -0.25) is 14.7 Å². The Labute approximate surface area is 164 Å². The molecule has 1 aromatic carbocycles. The number of carbonyl (C=O) groups excluding carboxylic acids is 2. The minimum atomic E-state index is -0.110. The summed E-state index contributed by atoms with van der Waals surface area (Å²) in [5.74, 6) is 0.734. The molecule has 0 unspecified atom stereocenters. The van der Waals surface area contributed by atoms with Crippen LogP contribution in [0.2, 0.25) is 0 Å². The van der Waals surface area contributed by atoms with Crippen LogP contribution in [0.4, 0.5) is 10.5 Å². The first kappa shape index (κ1) is 18.3. The summed E-state index contributed by atoms with van der Waals surface area (Å²) < 4.78 is 5.91. The number of aromatic nitrogens is 1. The molecule has 7 nitrogen and oxygen atoms in total. The van der Waals surface area contributed by atoms with Gasteiger partial charge in [-0.15, -0.1) is 0 Å². The van der Waals surface area contributed by atoms with E-state index in [0.29, 0.717) is 26.2 Å². The van der Waals surface area contributed by atoms with Gasteiger partial charge in [0.2, 0.25) is 5.91 Å². The Balaban J connectivity index is 1.30. The third kappa shape index (κ3) is 3.93. The minimum absolute atomic E-state index is 0.0234. The fraction of sp³-hybridized carbons (Fsp3) is 0.381. The van der Waals surface area contributed by atoms with E-state index in [-0.39, 0.29) is 24.6 Å². The normalized spacial score (nSPS) is 19.4. The second-order valence-electron chi connectivity index (χ2n) is 7.24. The van der Waals surface area contributed by atoms with Crippen molar-refractivity contribution in [3.05, 3.63) is 54.4 Å². The van der Waals surface area contributed by atoms with Crippen LogP contribution in [0.3, 0.4) is 0 Å². The van der Waals surface area contributed by atoms with Crippen LogP contribution >= 0.6 is 0 Å². The van der Waals surface area contributed by atoms with Gasteiger partial charge in [0, 0.05) is 44.1 Å². The molecule has 2 aliphatic heterocycles. The number of pyridine rings is 1. The van der Waals surface area contributed by atoms with Crippen molar-refractivity contribution in [1.29, 1.82) is 0 Å². The molecule has 0 radical (unpaired) electrons. The van der Waals surface area contributed by atoms with Crippen LogP contribution in [0, 0.1) is 6.92 Å². The van der Waals surface area contributed by atoms with Crippen LogP contribution in [-0.4, -0.2) is 65.5 Å². The van der Waals surface area contributed by atoms with Crippen molar-refractivity contribution in [2.45, 2.75) is 19.4 Å². The van der Waals surface area contributed by atoms with E-state index in [2.05, 4.69) is 4.98 Å². The van der Waals surface area contributed by atoms with Crippen molar-refractivity contribution in [2.75, 3.05) is 37.6 Å². The molecule has 146 valence electrons. The molecule has 7 heteroatoms. The molecule has 2 fully saturated rings. The summed E-state index contributed by atoms with van der Waals surface area (Å²) >= 11 is 0. The van der Waals surface area contributed by atoms with E-state index in [1.54, 1.807) is 27.1 Å². The molecule has 28 heavy (non-hydrogen) atoms. The van der Waals surface area contributed by atoms with Gasteiger partial charge < -0.3 is 14.5 Å². The summed E-state index contributed by atoms with van der Waals surface area (Å²) in [5, 5.41) is 0. The number of hydrogen-bond acceptors (Lipinski definition) is 4. The number of carbonyl (C=O) groups is 2. The van der Waals surface area contributed by atoms with E-state index in [1.165, 1.54) is 0 Å². The molecule has 4 rings (SSSR count). The molecular formula is C21H24N4O3. The Morgan fingerprint density at radius 3 is 2.61 bits per heavy atom. The number of amides is 3. The van der Waals surface area contributed by atoms with Crippen LogP contribution in [0.25, 0.3) is 0 Å².